The fraction of sp³-hybridized carbons (Fsp3) is 0.409. The fourth-order valence-electron chi connectivity index (χ4n) is 3.35. The zero-order chi connectivity index (χ0) is 19.8. The molecule has 1 atom stereocenters. The van der Waals surface area contributed by atoms with Gasteiger partial charge in [-0.25, -0.2) is 4.39 Å². The zero-order valence-corrected chi connectivity index (χ0v) is 16.2. The molecular weight excluding hydrogens is 359 g/mol. The van der Waals surface area contributed by atoms with Crippen LogP contribution in [0.5, 0.6) is 11.5 Å². The topological polar surface area (TPSA) is 55.5 Å². The highest BCUT2D eigenvalue weighted by Gasteiger charge is 2.26. The first-order valence-corrected chi connectivity index (χ1v) is 9.81. The molecule has 1 aliphatic rings. The van der Waals surface area contributed by atoms with Crippen LogP contribution in [0.3, 0.4) is 0 Å². The molecule has 5 nitrogen and oxygen atoms in total. The van der Waals surface area contributed by atoms with Crippen molar-refractivity contribution >= 4 is 6.21 Å². The number of aromatic hydroxyl groups is 1. The quantitative estimate of drug-likeness (QED) is 0.684. The van der Waals surface area contributed by atoms with E-state index < -0.39 is 0 Å². The summed E-state index contributed by atoms with van der Waals surface area (Å²) < 4.78 is 24.3. The number of hydrogen-bond donors (Lipinski definition) is 2. The van der Waals surface area contributed by atoms with E-state index in [4.69, 9.17) is 9.47 Å². The highest BCUT2D eigenvalue weighted by molar-refractivity contribution is 5.83. The van der Waals surface area contributed by atoms with Gasteiger partial charge in [-0.1, -0.05) is 19.1 Å². The summed E-state index contributed by atoms with van der Waals surface area (Å²) >= 11 is 0. The van der Waals surface area contributed by atoms with Gasteiger partial charge in [0.1, 0.15) is 36.4 Å². The Labute approximate surface area is 165 Å². The average molecular weight is 387 g/mol. The van der Waals surface area contributed by atoms with Gasteiger partial charge in [-0.3, -0.25) is 4.99 Å². The number of aliphatic imine (C=N–C) groups is 1. The predicted molar refractivity (Wildman–Crippen MR) is 107 cm³/mol. The summed E-state index contributed by atoms with van der Waals surface area (Å²) in [4.78, 5) is 5.96. The summed E-state index contributed by atoms with van der Waals surface area (Å²) in [6, 6.07) is 12.0. The molecule has 2 aromatic carbocycles. The number of morpholine rings is 1. The van der Waals surface area contributed by atoms with E-state index in [1.165, 1.54) is 17.0 Å². The van der Waals surface area contributed by atoms with Gasteiger partial charge in [0.2, 0.25) is 0 Å². The molecular formula is C22H28FN2O3+. The number of phenolic OH excluding ortho intramolecular Hbond substituents is 1. The third kappa shape index (κ3) is 5.53. The highest BCUT2D eigenvalue weighted by atomic mass is 19.1. The van der Waals surface area contributed by atoms with Crippen molar-refractivity contribution in [1.29, 1.82) is 0 Å². The molecule has 1 saturated heterocycles. The SMILES string of the molecule is CCCOc1ccc(C=NC[C@H](c2ccc(F)cc2)[NH+]2CCOCC2)c(O)c1. The molecule has 2 N–H and O–H groups in total. The monoisotopic (exact) mass is 387 g/mol. The highest BCUT2D eigenvalue weighted by Crippen LogP contribution is 2.22. The first kappa shape index (κ1) is 20.3. The minimum absolute atomic E-state index is 0.120. The Morgan fingerprint density at radius 2 is 1.96 bits per heavy atom. The third-order valence-electron chi connectivity index (χ3n) is 4.89. The number of ether oxygens (including phenoxy) is 2. The standard InChI is InChI=1S/C22H27FN2O3/c1-2-11-28-20-8-5-18(22(26)14-20)15-24-16-21(25-9-12-27-13-10-25)17-3-6-19(23)7-4-17/h3-8,14-15,21,26H,2,9-13,16H2,1H3/p+1/t21-/m1/s1. The average Bonchev–Trinajstić information content (AvgIpc) is 2.72. The van der Waals surface area contributed by atoms with E-state index in [1.807, 2.05) is 25.1 Å². The van der Waals surface area contributed by atoms with Gasteiger partial charge in [0, 0.05) is 23.4 Å². The number of nitrogens with one attached hydrogen (secondary N) is 1. The van der Waals surface area contributed by atoms with Gasteiger partial charge >= 0.3 is 0 Å². The number of phenols is 1. The Kier molecular flexibility index (Phi) is 7.39. The van der Waals surface area contributed by atoms with Crippen molar-refractivity contribution in [3.05, 3.63) is 59.4 Å². The molecule has 0 bridgehead atoms. The predicted octanol–water partition coefficient (Wildman–Crippen LogP) is 2.40. The lowest BCUT2D eigenvalue weighted by atomic mass is 10.0. The van der Waals surface area contributed by atoms with Crippen LogP contribution in [0.2, 0.25) is 0 Å². The largest absolute Gasteiger partial charge is 0.507 e. The van der Waals surface area contributed by atoms with Crippen molar-refractivity contribution in [2.45, 2.75) is 19.4 Å². The van der Waals surface area contributed by atoms with Gasteiger partial charge < -0.3 is 19.5 Å². The van der Waals surface area contributed by atoms with Gasteiger partial charge in [-0.05, 0) is 30.7 Å². The van der Waals surface area contributed by atoms with Crippen LogP contribution in [0.1, 0.15) is 30.5 Å². The second-order valence-electron chi connectivity index (χ2n) is 6.94. The zero-order valence-electron chi connectivity index (χ0n) is 16.2. The Balaban J connectivity index is 1.71. The number of halogens is 1. The van der Waals surface area contributed by atoms with Gasteiger partial charge in [0.25, 0.3) is 0 Å². The second-order valence-corrected chi connectivity index (χ2v) is 6.94. The molecule has 0 unspecified atom stereocenters. The van der Waals surface area contributed by atoms with E-state index in [1.54, 1.807) is 18.3 Å². The molecule has 1 aliphatic heterocycles. The molecule has 0 aromatic heterocycles. The van der Waals surface area contributed by atoms with Crippen LogP contribution >= 0.6 is 0 Å². The number of quaternary nitrogens is 1. The van der Waals surface area contributed by atoms with Gasteiger partial charge in [-0.2, -0.15) is 0 Å². The summed E-state index contributed by atoms with van der Waals surface area (Å²) in [5.41, 5.74) is 1.71. The molecule has 0 saturated carbocycles. The number of nitrogens with zero attached hydrogens (tertiary/aromatic N) is 1. The van der Waals surface area contributed by atoms with E-state index in [0.29, 0.717) is 24.5 Å². The molecule has 0 aliphatic carbocycles. The van der Waals surface area contributed by atoms with Crippen molar-refractivity contribution in [2.75, 3.05) is 39.5 Å². The number of rotatable bonds is 8. The smallest absolute Gasteiger partial charge is 0.133 e. The summed E-state index contributed by atoms with van der Waals surface area (Å²) in [7, 11) is 0. The van der Waals surface area contributed by atoms with Crippen molar-refractivity contribution < 1.29 is 23.9 Å². The molecule has 1 fully saturated rings. The third-order valence-corrected chi connectivity index (χ3v) is 4.89. The van der Waals surface area contributed by atoms with Crippen LogP contribution in [0.15, 0.2) is 47.5 Å². The second kappa shape index (κ2) is 10.2. The van der Waals surface area contributed by atoms with Gasteiger partial charge in [0.05, 0.1) is 26.4 Å². The minimum Gasteiger partial charge on any atom is -0.507 e. The van der Waals surface area contributed by atoms with Gasteiger partial charge in [0.15, 0.2) is 0 Å². The van der Waals surface area contributed by atoms with E-state index in [0.717, 1.165) is 38.3 Å². The van der Waals surface area contributed by atoms with Crippen LogP contribution in [0.4, 0.5) is 4.39 Å². The first-order valence-electron chi connectivity index (χ1n) is 9.81. The Morgan fingerprint density at radius 1 is 1.21 bits per heavy atom. The van der Waals surface area contributed by atoms with Crippen LogP contribution in [-0.4, -0.2) is 50.8 Å². The maximum atomic E-state index is 13.3. The maximum absolute atomic E-state index is 13.3. The van der Waals surface area contributed by atoms with Crippen molar-refractivity contribution in [3.8, 4) is 11.5 Å². The van der Waals surface area contributed by atoms with Crippen molar-refractivity contribution in [2.24, 2.45) is 4.99 Å². The lowest BCUT2D eigenvalue weighted by Crippen LogP contribution is -3.14. The minimum atomic E-state index is -0.238. The lowest BCUT2D eigenvalue weighted by molar-refractivity contribution is -0.937. The number of benzene rings is 2. The summed E-state index contributed by atoms with van der Waals surface area (Å²) in [6.07, 6.45) is 2.61. The molecule has 0 amide bonds. The van der Waals surface area contributed by atoms with Gasteiger partial charge in [-0.15, -0.1) is 0 Å². The summed E-state index contributed by atoms with van der Waals surface area (Å²) in [5.74, 6) is 0.561. The fourth-order valence-corrected chi connectivity index (χ4v) is 3.35. The Hall–Kier alpha value is -2.44. The molecule has 2 aromatic rings. The number of hydrogen-bond acceptors (Lipinski definition) is 4. The lowest BCUT2D eigenvalue weighted by Gasteiger charge is -2.31. The van der Waals surface area contributed by atoms with E-state index in [2.05, 4.69) is 4.99 Å². The molecule has 0 spiro atoms. The molecule has 28 heavy (non-hydrogen) atoms. The van der Waals surface area contributed by atoms with Crippen LogP contribution < -0.4 is 9.64 Å². The maximum Gasteiger partial charge on any atom is 0.133 e. The Bertz CT molecular complexity index is 774. The molecule has 0 radical (unpaired) electrons. The van der Waals surface area contributed by atoms with Crippen LogP contribution in [0.25, 0.3) is 0 Å². The van der Waals surface area contributed by atoms with Crippen molar-refractivity contribution in [1.82, 2.24) is 0 Å². The molecule has 6 heteroatoms. The normalized spacial score (nSPS) is 16.4. The Morgan fingerprint density at radius 3 is 2.64 bits per heavy atom. The van der Waals surface area contributed by atoms with E-state index in [9.17, 15) is 9.50 Å². The summed E-state index contributed by atoms with van der Waals surface area (Å²) in [5, 5.41) is 10.2. The molecule has 1 heterocycles. The molecule has 3 rings (SSSR count). The summed E-state index contributed by atoms with van der Waals surface area (Å²) in [6.45, 7) is 6.43. The first-order chi connectivity index (χ1) is 13.7. The van der Waals surface area contributed by atoms with Crippen LogP contribution in [0, 0.1) is 5.82 Å². The van der Waals surface area contributed by atoms with E-state index >= 15 is 0 Å². The van der Waals surface area contributed by atoms with Crippen molar-refractivity contribution in [3.63, 3.8) is 0 Å². The van der Waals surface area contributed by atoms with E-state index in [-0.39, 0.29) is 17.6 Å². The van der Waals surface area contributed by atoms with Crippen LogP contribution in [-0.2, 0) is 4.74 Å². The molecule has 150 valence electrons.